The Hall–Kier alpha value is -2.85. The third kappa shape index (κ3) is 2.96. The van der Waals surface area contributed by atoms with E-state index in [0.29, 0.717) is 12.3 Å². The summed E-state index contributed by atoms with van der Waals surface area (Å²) in [5.74, 6) is 0.945. The first-order valence-electron chi connectivity index (χ1n) is 7.65. The zero-order valence-corrected chi connectivity index (χ0v) is 13.8. The highest BCUT2D eigenvalue weighted by Gasteiger charge is 2.20. The molecule has 0 radical (unpaired) electrons. The fraction of sp³-hybridized carbons (Fsp3) is 0.400. The van der Waals surface area contributed by atoms with E-state index in [-0.39, 0.29) is 23.7 Å². The molecule has 3 heterocycles. The third-order valence-electron chi connectivity index (χ3n) is 3.95. The number of furan rings is 1. The zero-order chi connectivity index (χ0) is 18.1. The van der Waals surface area contributed by atoms with Gasteiger partial charge in [-0.2, -0.15) is 4.98 Å². The van der Waals surface area contributed by atoms with Gasteiger partial charge in [-0.15, -0.1) is 0 Å². The second-order valence-corrected chi connectivity index (χ2v) is 5.69. The van der Waals surface area contributed by atoms with Crippen LogP contribution < -0.4 is 16.6 Å². The van der Waals surface area contributed by atoms with Gasteiger partial charge in [-0.1, -0.05) is 0 Å². The number of aliphatic hydroxyl groups excluding tert-OH is 2. The van der Waals surface area contributed by atoms with Gasteiger partial charge in [0.05, 0.1) is 32.1 Å². The van der Waals surface area contributed by atoms with Crippen molar-refractivity contribution in [3.05, 3.63) is 45.0 Å². The molecule has 3 N–H and O–H groups in total. The van der Waals surface area contributed by atoms with E-state index >= 15 is 0 Å². The van der Waals surface area contributed by atoms with Crippen LogP contribution in [0.15, 0.2) is 32.4 Å². The number of imidazole rings is 1. The first-order chi connectivity index (χ1) is 11.9. The molecule has 10 heteroatoms. The molecule has 0 amide bonds. The molecule has 0 aliphatic heterocycles. The normalized spacial score (nSPS) is 12.6. The van der Waals surface area contributed by atoms with E-state index in [4.69, 9.17) is 9.52 Å². The molecule has 0 aliphatic rings. The molecule has 0 aliphatic carbocycles. The molecule has 134 valence electrons. The van der Waals surface area contributed by atoms with E-state index < -0.39 is 24.0 Å². The molecule has 3 aromatic rings. The van der Waals surface area contributed by atoms with Crippen LogP contribution in [-0.4, -0.2) is 41.6 Å². The smallest absolute Gasteiger partial charge is 0.332 e. The van der Waals surface area contributed by atoms with E-state index in [1.807, 2.05) is 0 Å². The van der Waals surface area contributed by atoms with Gasteiger partial charge >= 0.3 is 5.69 Å². The van der Waals surface area contributed by atoms with E-state index in [0.717, 1.165) is 4.57 Å². The molecular weight excluding hydrogens is 330 g/mol. The summed E-state index contributed by atoms with van der Waals surface area (Å²) in [6.45, 7) is -0.218. The van der Waals surface area contributed by atoms with Crippen molar-refractivity contribution in [1.29, 1.82) is 0 Å². The summed E-state index contributed by atoms with van der Waals surface area (Å²) >= 11 is 0. The van der Waals surface area contributed by atoms with Crippen LogP contribution in [0.4, 0.5) is 5.95 Å². The molecule has 0 spiro atoms. The maximum Gasteiger partial charge on any atom is 0.332 e. The summed E-state index contributed by atoms with van der Waals surface area (Å²) in [4.78, 5) is 29.0. The van der Waals surface area contributed by atoms with E-state index in [1.165, 1.54) is 29.5 Å². The van der Waals surface area contributed by atoms with Crippen LogP contribution in [0.3, 0.4) is 0 Å². The van der Waals surface area contributed by atoms with Crippen LogP contribution >= 0.6 is 0 Å². The molecule has 3 rings (SSSR count). The van der Waals surface area contributed by atoms with Gasteiger partial charge in [0.2, 0.25) is 5.95 Å². The van der Waals surface area contributed by atoms with Crippen molar-refractivity contribution in [1.82, 2.24) is 18.7 Å². The highest BCUT2D eigenvalue weighted by Crippen LogP contribution is 2.17. The van der Waals surface area contributed by atoms with Crippen molar-refractivity contribution < 1.29 is 14.6 Å². The average Bonchev–Trinajstić information content (AvgIpc) is 3.24. The Labute approximate surface area is 141 Å². The van der Waals surface area contributed by atoms with Gasteiger partial charge in [0.25, 0.3) is 5.56 Å². The molecule has 25 heavy (non-hydrogen) atoms. The molecule has 0 aromatic carbocycles. The van der Waals surface area contributed by atoms with Crippen LogP contribution in [-0.2, 0) is 27.2 Å². The van der Waals surface area contributed by atoms with Gasteiger partial charge < -0.3 is 24.5 Å². The summed E-state index contributed by atoms with van der Waals surface area (Å²) in [5.41, 5.74) is -0.663. The molecule has 10 nitrogen and oxygen atoms in total. The predicted molar refractivity (Wildman–Crippen MR) is 89.3 cm³/mol. The highest BCUT2D eigenvalue weighted by molar-refractivity contribution is 5.74. The van der Waals surface area contributed by atoms with Crippen LogP contribution in [0.5, 0.6) is 0 Å². The van der Waals surface area contributed by atoms with Crippen molar-refractivity contribution in [2.75, 3.05) is 11.9 Å². The lowest BCUT2D eigenvalue weighted by atomic mass is 10.3. The lowest BCUT2D eigenvalue weighted by Crippen LogP contribution is -2.38. The molecule has 0 saturated carbocycles. The molecule has 0 unspecified atom stereocenters. The minimum atomic E-state index is -1.08. The first-order valence-corrected chi connectivity index (χ1v) is 7.65. The minimum absolute atomic E-state index is 0.0546. The Kier molecular flexibility index (Phi) is 4.47. The summed E-state index contributed by atoms with van der Waals surface area (Å²) in [7, 11) is 2.89. The van der Waals surface area contributed by atoms with Gasteiger partial charge in [0.15, 0.2) is 11.2 Å². The second-order valence-electron chi connectivity index (χ2n) is 5.69. The van der Waals surface area contributed by atoms with Crippen LogP contribution in [0.2, 0.25) is 0 Å². The van der Waals surface area contributed by atoms with Crippen LogP contribution in [0, 0.1) is 0 Å². The van der Waals surface area contributed by atoms with Crippen molar-refractivity contribution in [3.8, 4) is 0 Å². The Morgan fingerprint density at radius 1 is 1.32 bits per heavy atom. The fourth-order valence-corrected chi connectivity index (χ4v) is 2.61. The Morgan fingerprint density at radius 3 is 2.72 bits per heavy atom. The number of anilines is 1. The topological polar surface area (TPSA) is 127 Å². The van der Waals surface area contributed by atoms with E-state index in [2.05, 4.69) is 10.3 Å². The molecule has 3 aromatic heterocycles. The van der Waals surface area contributed by atoms with Crippen molar-refractivity contribution in [3.63, 3.8) is 0 Å². The van der Waals surface area contributed by atoms with Crippen LogP contribution in [0.1, 0.15) is 5.76 Å². The van der Waals surface area contributed by atoms with Crippen molar-refractivity contribution in [2.24, 2.45) is 14.1 Å². The lowest BCUT2D eigenvalue weighted by molar-refractivity contribution is 0.0824. The third-order valence-corrected chi connectivity index (χ3v) is 3.95. The fourth-order valence-electron chi connectivity index (χ4n) is 2.61. The summed E-state index contributed by atoms with van der Waals surface area (Å²) in [5, 5.41) is 22.0. The zero-order valence-electron chi connectivity index (χ0n) is 13.8. The van der Waals surface area contributed by atoms with Gasteiger partial charge in [0.1, 0.15) is 5.76 Å². The van der Waals surface area contributed by atoms with Gasteiger partial charge in [0, 0.05) is 14.1 Å². The largest absolute Gasteiger partial charge is 0.467 e. The summed E-state index contributed by atoms with van der Waals surface area (Å²) in [6.07, 6.45) is 0.457. The van der Waals surface area contributed by atoms with E-state index in [1.54, 1.807) is 12.1 Å². The number of aromatic nitrogens is 4. The number of hydrogen-bond acceptors (Lipinski definition) is 7. The van der Waals surface area contributed by atoms with Crippen LogP contribution in [0.25, 0.3) is 11.2 Å². The number of nitrogens with one attached hydrogen (secondary N) is 1. The lowest BCUT2D eigenvalue weighted by Gasteiger charge is -2.13. The minimum Gasteiger partial charge on any atom is -0.467 e. The highest BCUT2D eigenvalue weighted by atomic mass is 16.3. The number of fused-ring (bicyclic) bond motifs is 1. The molecule has 1 atom stereocenters. The van der Waals surface area contributed by atoms with Gasteiger partial charge in [-0.05, 0) is 12.1 Å². The average molecular weight is 349 g/mol. The van der Waals surface area contributed by atoms with Gasteiger partial charge in [-0.25, -0.2) is 4.79 Å². The Balaban J connectivity index is 2.15. The quantitative estimate of drug-likeness (QED) is 0.520. The monoisotopic (exact) mass is 349 g/mol. The SMILES string of the molecule is Cn1c(=O)c2c(nc(NCc3ccco3)n2C[C@H](O)CO)n(C)c1=O. The maximum atomic E-state index is 12.5. The Morgan fingerprint density at radius 2 is 2.08 bits per heavy atom. The predicted octanol–water partition coefficient (Wildman–Crippen LogP) is -1.01. The molecular formula is C15H19N5O5. The van der Waals surface area contributed by atoms with E-state index in [9.17, 15) is 14.7 Å². The number of rotatable bonds is 6. The standard InChI is InChI=1S/C15H19N5O5/c1-18-12-11(13(23)19(2)15(18)24)20(7-9(22)8-21)14(17-12)16-6-10-4-3-5-25-10/h3-5,9,21-22H,6-8H2,1-2H3,(H,16,17)/t9-/m0/s1. The summed E-state index contributed by atoms with van der Waals surface area (Å²) in [6, 6.07) is 3.52. The number of aryl methyl sites for hydroxylation is 1. The van der Waals surface area contributed by atoms with Gasteiger partial charge in [-0.3, -0.25) is 13.9 Å². The molecule has 0 fully saturated rings. The number of hydrogen-bond donors (Lipinski definition) is 3. The van der Waals surface area contributed by atoms with Crippen molar-refractivity contribution in [2.45, 2.75) is 19.2 Å². The number of aliphatic hydroxyl groups is 2. The maximum absolute atomic E-state index is 12.5. The molecule has 0 saturated heterocycles. The van der Waals surface area contributed by atoms with Crippen molar-refractivity contribution >= 4 is 17.1 Å². The number of nitrogens with zero attached hydrogens (tertiary/aromatic N) is 4. The Bertz CT molecular complexity index is 998. The molecule has 0 bridgehead atoms. The first kappa shape index (κ1) is 17.0. The second kappa shape index (κ2) is 6.57. The summed E-state index contributed by atoms with van der Waals surface area (Å²) < 4.78 is 8.94.